The van der Waals surface area contributed by atoms with Gasteiger partial charge in [0.1, 0.15) is 48.3 Å². The number of hydrogen-bond acceptors (Lipinski definition) is 15. The third kappa shape index (κ3) is 21.9. The molecule has 9 amide bonds. The van der Waals surface area contributed by atoms with E-state index in [4.69, 9.17) is 17.2 Å². The number of carbonyl (C=O) groups is 12. The Kier molecular flexibility index (Phi) is 26.3. The standard InChI is InChI=1S/C39H67N11O16/c1-16(2)28(48-32(58)19(6)44-34(60)22(10-8-9-13-40)45-31(57)18(5)43-33(59)21(41)14-25(42)52)37(63)46-23(11-12-26(53)54)35(61)50-30(20(7)51)38(64)47-24(15-27(55)56)36(62)49-29(17(3)4)39(65)66/h16-24,28-30,51H,8-15,40-41H2,1-7H3,(H2,42,52)(H,43,59)(H,44,60)(H,45,57)(H,46,63)(H,47,64)(H,48,58)(H,49,62)(H,50,61)(H,53,54)(H,55,56)(H,65,66)/t18-,19-,20+,21-,22-,23-,24-,28-,29-,30-/m0/s1. The van der Waals surface area contributed by atoms with Gasteiger partial charge in [-0.1, -0.05) is 27.7 Å². The first-order valence-electron chi connectivity index (χ1n) is 21.1. The summed E-state index contributed by atoms with van der Waals surface area (Å²) in [6.45, 7) is 9.76. The van der Waals surface area contributed by atoms with E-state index in [0.717, 1.165) is 6.92 Å². The second-order valence-electron chi connectivity index (χ2n) is 16.3. The van der Waals surface area contributed by atoms with Crippen molar-refractivity contribution in [3.63, 3.8) is 0 Å². The van der Waals surface area contributed by atoms with Crippen molar-refractivity contribution in [3.8, 4) is 0 Å². The molecule has 10 atom stereocenters. The van der Waals surface area contributed by atoms with Gasteiger partial charge in [-0.15, -0.1) is 0 Å². The third-order valence-corrected chi connectivity index (χ3v) is 9.67. The number of primary amides is 1. The molecule has 27 nitrogen and oxygen atoms in total. The SMILES string of the molecule is CC(C)[C@H](NC(=O)[C@H](CC(=O)O)NC(=O)[C@@H](NC(=O)[C@H](CCC(=O)O)NC(=O)[C@@H](NC(=O)[C@H](C)NC(=O)[C@H](CCCCN)NC(=O)[C@H](C)NC(=O)[C@@H](N)CC(N)=O)C(C)C)[C@@H](C)O)C(=O)O. The van der Waals surface area contributed by atoms with E-state index in [-0.39, 0.29) is 13.0 Å². The number of nitrogens with two attached hydrogens (primary N) is 3. The first-order chi connectivity index (χ1) is 30.5. The van der Waals surface area contributed by atoms with Crippen LogP contribution in [-0.2, 0) is 57.5 Å². The number of aliphatic hydroxyl groups excluding tert-OH is 1. The summed E-state index contributed by atoms with van der Waals surface area (Å²) >= 11 is 0. The highest BCUT2D eigenvalue weighted by molar-refractivity contribution is 5.99. The van der Waals surface area contributed by atoms with Crippen LogP contribution in [0.4, 0.5) is 0 Å². The molecule has 27 heteroatoms. The monoisotopic (exact) mass is 945 g/mol. The number of hydrogen-bond donors (Lipinski definition) is 15. The van der Waals surface area contributed by atoms with Crippen molar-refractivity contribution in [2.75, 3.05) is 6.54 Å². The predicted octanol–water partition coefficient (Wildman–Crippen LogP) is -5.65. The summed E-state index contributed by atoms with van der Waals surface area (Å²) in [4.78, 5) is 151. The molecule has 0 fully saturated rings. The topological polar surface area (TPSA) is 460 Å². The molecule has 0 spiro atoms. The minimum atomic E-state index is -1.95. The molecular formula is C39H67N11O16. The smallest absolute Gasteiger partial charge is 0.326 e. The number of aliphatic hydroxyl groups is 1. The molecule has 66 heavy (non-hydrogen) atoms. The maximum absolute atomic E-state index is 13.7. The van der Waals surface area contributed by atoms with Crippen LogP contribution in [0.2, 0.25) is 0 Å². The Labute approximate surface area is 380 Å². The number of nitrogens with one attached hydrogen (secondary N) is 8. The molecule has 0 heterocycles. The minimum absolute atomic E-state index is 0.0448. The average molecular weight is 946 g/mol. The first kappa shape index (κ1) is 59.5. The van der Waals surface area contributed by atoms with E-state index >= 15 is 0 Å². The summed E-state index contributed by atoms with van der Waals surface area (Å²) in [5, 5.41) is 57.0. The second-order valence-corrected chi connectivity index (χ2v) is 16.3. The van der Waals surface area contributed by atoms with E-state index in [0.29, 0.717) is 12.8 Å². The molecule has 374 valence electrons. The van der Waals surface area contributed by atoms with Gasteiger partial charge in [0.05, 0.1) is 25.0 Å². The van der Waals surface area contributed by atoms with Crippen LogP contribution in [0, 0.1) is 11.8 Å². The zero-order valence-electron chi connectivity index (χ0n) is 38.0. The number of amides is 9. The quantitative estimate of drug-likeness (QED) is 0.0288. The normalized spacial score (nSPS) is 15.6. The zero-order chi connectivity index (χ0) is 51.2. The molecule has 0 saturated heterocycles. The fourth-order valence-electron chi connectivity index (χ4n) is 5.82. The summed E-state index contributed by atoms with van der Waals surface area (Å²) in [7, 11) is 0. The van der Waals surface area contributed by atoms with Gasteiger partial charge in [-0.3, -0.25) is 52.7 Å². The Morgan fingerprint density at radius 2 is 0.894 bits per heavy atom. The fourth-order valence-corrected chi connectivity index (χ4v) is 5.82. The molecule has 0 rings (SSSR count). The molecule has 0 aliphatic carbocycles. The number of carbonyl (C=O) groups excluding carboxylic acids is 9. The van der Waals surface area contributed by atoms with Crippen molar-refractivity contribution >= 4 is 71.1 Å². The van der Waals surface area contributed by atoms with Gasteiger partial charge in [0, 0.05) is 6.42 Å². The number of carboxylic acids is 3. The molecule has 18 N–H and O–H groups in total. The number of aliphatic carboxylic acids is 3. The molecule has 0 aromatic heterocycles. The van der Waals surface area contributed by atoms with Crippen LogP contribution in [0.3, 0.4) is 0 Å². The van der Waals surface area contributed by atoms with Gasteiger partial charge in [-0.05, 0) is 64.8 Å². The number of rotatable bonds is 31. The van der Waals surface area contributed by atoms with E-state index < -0.39 is 169 Å². The lowest BCUT2D eigenvalue weighted by atomic mass is 10.0. The second kappa shape index (κ2) is 29.1. The summed E-state index contributed by atoms with van der Waals surface area (Å²) < 4.78 is 0. The van der Waals surface area contributed by atoms with Gasteiger partial charge < -0.3 is 80.2 Å². The highest BCUT2D eigenvalue weighted by atomic mass is 16.4. The Bertz CT molecular complexity index is 1760. The highest BCUT2D eigenvalue weighted by Crippen LogP contribution is 2.09. The molecule has 0 saturated carbocycles. The first-order valence-corrected chi connectivity index (χ1v) is 21.1. The summed E-state index contributed by atoms with van der Waals surface area (Å²) in [6.07, 6.45) is -3.75. The molecule has 0 aliphatic heterocycles. The van der Waals surface area contributed by atoms with Crippen LogP contribution in [0.15, 0.2) is 0 Å². The summed E-state index contributed by atoms with van der Waals surface area (Å²) in [5.41, 5.74) is 16.3. The van der Waals surface area contributed by atoms with Crippen molar-refractivity contribution in [1.82, 2.24) is 42.5 Å². The maximum Gasteiger partial charge on any atom is 0.326 e. The van der Waals surface area contributed by atoms with Gasteiger partial charge in [0.2, 0.25) is 53.2 Å². The van der Waals surface area contributed by atoms with Crippen LogP contribution >= 0.6 is 0 Å². The van der Waals surface area contributed by atoms with Gasteiger partial charge in [-0.2, -0.15) is 0 Å². The van der Waals surface area contributed by atoms with Crippen LogP contribution in [0.5, 0.6) is 0 Å². The van der Waals surface area contributed by atoms with E-state index in [1.54, 1.807) is 0 Å². The van der Waals surface area contributed by atoms with Gasteiger partial charge in [0.25, 0.3) is 0 Å². The zero-order valence-corrected chi connectivity index (χ0v) is 38.0. The number of carboxylic acid groups (broad SMARTS) is 3. The fraction of sp³-hybridized carbons (Fsp3) is 0.692. The predicted molar refractivity (Wildman–Crippen MR) is 230 cm³/mol. The molecule has 0 aliphatic rings. The lowest BCUT2D eigenvalue weighted by Crippen LogP contribution is -2.62. The Balaban J connectivity index is 6.20. The molecule has 0 aromatic carbocycles. The molecule has 0 unspecified atom stereocenters. The van der Waals surface area contributed by atoms with Gasteiger partial charge >= 0.3 is 17.9 Å². The largest absolute Gasteiger partial charge is 0.481 e. The van der Waals surface area contributed by atoms with E-state index in [1.807, 2.05) is 0 Å². The maximum atomic E-state index is 13.7. The van der Waals surface area contributed by atoms with E-state index in [9.17, 15) is 78.0 Å². The molecule has 0 aromatic rings. The molecular weight excluding hydrogens is 878 g/mol. The Morgan fingerprint density at radius 1 is 0.470 bits per heavy atom. The van der Waals surface area contributed by atoms with Crippen LogP contribution in [0.1, 0.15) is 93.4 Å². The Morgan fingerprint density at radius 3 is 1.36 bits per heavy atom. The van der Waals surface area contributed by atoms with Crippen molar-refractivity contribution < 1.29 is 78.0 Å². The average Bonchev–Trinajstić information content (AvgIpc) is 3.20. The molecule has 0 bridgehead atoms. The highest BCUT2D eigenvalue weighted by Gasteiger charge is 2.37. The third-order valence-electron chi connectivity index (χ3n) is 9.67. The van der Waals surface area contributed by atoms with Crippen LogP contribution in [0.25, 0.3) is 0 Å². The Hall–Kier alpha value is -6.48. The van der Waals surface area contributed by atoms with E-state index in [2.05, 4.69) is 42.5 Å². The van der Waals surface area contributed by atoms with Gasteiger partial charge in [0.15, 0.2) is 0 Å². The van der Waals surface area contributed by atoms with E-state index in [1.165, 1.54) is 41.5 Å². The number of unbranched alkanes of at least 4 members (excludes halogenated alkanes) is 1. The summed E-state index contributed by atoms with van der Waals surface area (Å²) in [6, 6.07) is -13.7. The van der Waals surface area contributed by atoms with Gasteiger partial charge in [-0.25, -0.2) is 4.79 Å². The molecule has 0 radical (unpaired) electrons. The van der Waals surface area contributed by atoms with Crippen molar-refractivity contribution in [2.24, 2.45) is 29.0 Å². The van der Waals surface area contributed by atoms with Crippen molar-refractivity contribution in [1.29, 1.82) is 0 Å². The van der Waals surface area contributed by atoms with Crippen LogP contribution in [-0.4, -0.2) is 159 Å². The van der Waals surface area contributed by atoms with Crippen molar-refractivity contribution in [3.05, 3.63) is 0 Å². The lowest BCUT2D eigenvalue weighted by molar-refractivity contribution is -0.145. The lowest BCUT2D eigenvalue weighted by Gasteiger charge is -2.29. The minimum Gasteiger partial charge on any atom is -0.481 e. The van der Waals surface area contributed by atoms with Crippen molar-refractivity contribution in [2.45, 2.75) is 154 Å². The van der Waals surface area contributed by atoms with Crippen LogP contribution < -0.4 is 59.7 Å². The summed E-state index contributed by atoms with van der Waals surface area (Å²) in [5.74, 6) is -14.9.